The molecule has 2 N–H and O–H groups in total. The zero-order valence-electron chi connectivity index (χ0n) is 30.2. The molecule has 0 aromatic heterocycles. The molecule has 3 heterocycles. The van der Waals surface area contributed by atoms with E-state index in [1.54, 1.807) is 4.90 Å². The van der Waals surface area contributed by atoms with E-state index in [9.17, 15) is 14.7 Å². The van der Waals surface area contributed by atoms with Crippen molar-refractivity contribution in [2.75, 3.05) is 52.5 Å². The molecule has 4 aromatic carbocycles. The van der Waals surface area contributed by atoms with Gasteiger partial charge in [-0.25, -0.2) is 0 Å². The van der Waals surface area contributed by atoms with Gasteiger partial charge in [0.05, 0.1) is 0 Å². The van der Waals surface area contributed by atoms with Gasteiger partial charge in [-0.2, -0.15) is 0 Å². The lowest BCUT2D eigenvalue weighted by atomic mass is 9.69. The summed E-state index contributed by atoms with van der Waals surface area (Å²) in [6, 6.07) is 30.5. The Morgan fingerprint density at radius 2 is 1.43 bits per heavy atom. The first-order chi connectivity index (χ1) is 25.9. The molecule has 0 radical (unpaired) electrons. The van der Waals surface area contributed by atoms with Crippen molar-refractivity contribution in [1.29, 1.82) is 0 Å². The number of aryl methyl sites for hydroxylation is 1. The van der Waals surface area contributed by atoms with Crippen LogP contribution < -0.4 is 14.8 Å². The molecule has 1 unspecified atom stereocenters. The lowest BCUT2D eigenvalue weighted by molar-refractivity contribution is -0.126. The Bertz CT molecular complexity index is 1960. The number of piperazine rings is 1. The van der Waals surface area contributed by atoms with E-state index in [0.717, 1.165) is 69.2 Å². The summed E-state index contributed by atoms with van der Waals surface area (Å²) in [7, 11) is 0. The number of carbonyl (C=O) groups excluding carboxylic acids is 2. The molecule has 2 saturated heterocycles. The predicted octanol–water partition coefficient (Wildman–Crippen LogP) is 6.08. The Kier molecular flexibility index (Phi) is 10.2. The van der Waals surface area contributed by atoms with Gasteiger partial charge in [-0.15, -0.1) is 0 Å². The van der Waals surface area contributed by atoms with Gasteiger partial charge in [-0.05, 0) is 102 Å². The van der Waals surface area contributed by atoms with Crippen molar-refractivity contribution in [3.63, 3.8) is 0 Å². The average Bonchev–Trinajstić information content (AvgIpc) is 3.50. The van der Waals surface area contributed by atoms with Crippen LogP contribution in [0.15, 0.2) is 103 Å². The highest BCUT2D eigenvalue weighted by Gasteiger charge is 2.38. The van der Waals surface area contributed by atoms with Crippen LogP contribution in [-0.4, -0.2) is 90.1 Å². The van der Waals surface area contributed by atoms with Crippen LogP contribution in [0.3, 0.4) is 0 Å². The molecule has 9 nitrogen and oxygen atoms in total. The van der Waals surface area contributed by atoms with Gasteiger partial charge in [0.2, 0.25) is 5.91 Å². The topological polar surface area (TPSA) is 94.6 Å². The third kappa shape index (κ3) is 7.68. The summed E-state index contributed by atoms with van der Waals surface area (Å²) in [5.41, 5.74) is 7.43. The smallest absolute Gasteiger partial charge is 0.255 e. The standard InChI is InChI=1S/C44H48N4O5/c1-30-7-18-41(43(50)45-30)48-29-34-28-37(14-17-40(34)44(48)51)53-26-24-47-21-19-46(20-22-47)23-25-52-36-12-8-32(9-13-36)42-38(31-5-3-2-4-6-31)15-10-33-27-35(49)11-16-39(33)42/h2-6,8-9,11-14,16-17,27-28,38,41-42,49H,1,7,10,15,18-26,29H2,(H,45,50)/t38-,41?,42+/m0/s1. The van der Waals surface area contributed by atoms with E-state index in [1.807, 2.05) is 30.3 Å². The fourth-order valence-corrected chi connectivity index (χ4v) is 8.59. The molecule has 8 rings (SSSR count). The first-order valence-electron chi connectivity index (χ1n) is 19.0. The zero-order valence-corrected chi connectivity index (χ0v) is 30.2. The molecule has 274 valence electrons. The quantitative estimate of drug-likeness (QED) is 0.195. The van der Waals surface area contributed by atoms with Gasteiger partial charge in [0.25, 0.3) is 5.91 Å². The number of nitrogens with one attached hydrogen (secondary N) is 1. The monoisotopic (exact) mass is 712 g/mol. The van der Waals surface area contributed by atoms with E-state index in [4.69, 9.17) is 9.47 Å². The predicted molar refractivity (Wildman–Crippen MR) is 204 cm³/mol. The molecule has 53 heavy (non-hydrogen) atoms. The summed E-state index contributed by atoms with van der Waals surface area (Å²) in [5, 5.41) is 12.9. The summed E-state index contributed by atoms with van der Waals surface area (Å²) in [6.07, 6.45) is 3.29. The van der Waals surface area contributed by atoms with E-state index < -0.39 is 6.04 Å². The van der Waals surface area contributed by atoms with Crippen LogP contribution >= 0.6 is 0 Å². The second kappa shape index (κ2) is 15.5. The molecular formula is C44H48N4O5. The second-order valence-corrected chi connectivity index (χ2v) is 14.8. The lowest BCUT2D eigenvalue weighted by Gasteiger charge is -2.35. The minimum Gasteiger partial charge on any atom is -0.508 e. The van der Waals surface area contributed by atoms with Crippen LogP contribution in [0, 0.1) is 0 Å². The molecule has 2 amide bonds. The van der Waals surface area contributed by atoms with Crippen molar-refractivity contribution in [2.24, 2.45) is 0 Å². The number of hydrogen-bond donors (Lipinski definition) is 2. The zero-order chi connectivity index (χ0) is 36.3. The summed E-state index contributed by atoms with van der Waals surface area (Å²) in [5.74, 6) is 2.32. The Balaban J connectivity index is 0.778. The molecule has 0 saturated carbocycles. The molecule has 3 atom stereocenters. The van der Waals surface area contributed by atoms with Crippen molar-refractivity contribution in [2.45, 2.75) is 50.1 Å². The van der Waals surface area contributed by atoms with Crippen molar-refractivity contribution < 1.29 is 24.2 Å². The van der Waals surface area contributed by atoms with Gasteiger partial charge in [-0.3, -0.25) is 19.4 Å². The highest BCUT2D eigenvalue weighted by molar-refractivity contribution is 6.01. The molecule has 4 aromatic rings. The molecule has 2 fully saturated rings. The molecule has 0 bridgehead atoms. The maximum absolute atomic E-state index is 13.0. The van der Waals surface area contributed by atoms with Crippen LogP contribution in [0.1, 0.15) is 69.3 Å². The lowest BCUT2D eigenvalue weighted by Crippen LogP contribution is -2.49. The molecule has 1 aliphatic carbocycles. The van der Waals surface area contributed by atoms with Crippen LogP contribution in [0.2, 0.25) is 0 Å². The number of rotatable bonds is 11. The summed E-state index contributed by atoms with van der Waals surface area (Å²) < 4.78 is 12.3. The number of nitrogens with zero attached hydrogens (tertiary/aromatic N) is 3. The summed E-state index contributed by atoms with van der Waals surface area (Å²) in [4.78, 5) is 32.1. The molecule has 9 heteroatoms. The van der Waals surface area contributed by atoms with Crippen molar-refractivity contribution in [3.05, 3.63) is 137 Å². The fraction of sp³-hybridized carbons (Fsp3) is 0.364. The summed E-state index contributed by atoms with van der Waals surface area (Å²) >= 11 is 0. The van der Waals surface area contributed by atoms with Crippen LogP contribution in [0.5, 0.6) is 17.2 Å². The van der Waals surface area contributed by atoms with Crippen molar-refractivity contribution in [1.82, 2.24) is 20.0 Å². The number of carbonyl (C=O) groups is 2. The first-order valence-corrected chi connectivity index (χ1v) is 19.0. The second-order valence-electron chi connectivity index (χ2n) is 14.8. The summed E-state index contributed by atoms with van der Waals surface area (Å²) in [6.45, 7) is 11.1. The number of amides is 2. The van der Waals surface area contributed by atoms with Gasteiger partial charge in [0, 0.05) is 63.0 Å². The molecular weight excluding hydrogens is 665 g/mol. The van der Waals surface area contributed by atoms with Crippen LogP contribution in [-0.2, 0) is 17.8 Å². The number of piperidine rings is 1. The molecule has 3 aliphatic heterocycles. The molecule has 4 aliphatic rings. The number of benzene rings is 4. The van der Waals surface area contributed by atoms with Crippen LogP contribution in [0.25, 0.3) is 0 Å². The SMILES string of the molecule is C=C1CCC(N2Cc3cc(OCCN4CCN(CCOc5ccc([C@H]6c7ccc(O)cc7CC[C@H]6c6ccccc6)cc5)CC4)ccc3C2=O)C(=O)N1. The van der Waals surface area contributed by atoms with E-state index in [2.05, 4.69) is 82.4 Å². The maximum Gasteiger partial charge on any atom is 0.255 e. The Labute approximate surface area is 311 Å². The van der Waals surface area contributed by atoms with Gasteiger partial charge >= 0.3 is 0 Å². The highest BCUT2D eigenvalue weighted by atomic mass is 16.5. The normalized spacial score (nSPS) is 21.9. The van der Waals surface area contributed by atoms with E-state index in [-0.39, 0.29) is 17.7 Å². The van der Waals surface area contributed by atoms with E-state index >= 15 is 0 Å². The van der Waals surface area contributed by atoms with Gasteiger partial charge < -0.3 is 24.8 Å². The highest BCUT2D eigenvalue weighted by Crippen LogP contribution is 2.47. The van der Waals surface area contributed by atoms with E-state index in [0.29, 0.717) is 55.5 Å². The number of ether oxygens (including phenoxy) is 2. The third-order valence-corrected chi connectivity index (χ3v) is 11.5. The fourth-order valence-electron chi connectivity index (χ4n) is 8.59. The van der Waals surface area contributed by atoms with Crippen molar-refractivity contribution >= 4 is 11.8 Å². The van der Waals surface area contributed by atoms with Crippen LogP contribution in [0.4, 0.5) is 0 Å². The number of fused-ring (bicyclic) bond motifs is 2. The number of allylic oxidation sites excluding steroid dienone is 1. The Morgan fingerprint density at radius 1 is 0.736 bits per heavy atom. The Hall–Kier alpha value is -5.12. The minimum absolute atomic E-state index is 0.0955. The van der Waals surface area contributed by atoms with Gasteiger partial charge in [-0.1, -0.05) is 55.1 Å². The largest absolute Gasteiger partial charge is 0.508 e. The number of phenolic OH excluding ortho intramolecular Hbond substituents is 1. The maximum atomic E-state index is 13.0. The third-order valence-electron chi connectivity index (χ3n) is 11.5. The van der Waals surface area contributed by atoms with E-state index in [1.165, 1.54) is 22.3 Å². The van der Waals surface area contributed by atoms with Crippen molar-refractivity contribution in [3.8, 4) is 17.2 Å². The minimum atomic E-state index is -0.460. The Morgan fingerprint density at radius 3 is 2.15 bits per heavy atom. The number of phenols is 1. The number of hydrogen-bond acceptors (Lipinski definition) is 7. The van der Waals surface area contributed by atoms with Gasteiger partial charge in [0.15, 0.2) is 0 Å². The molecule has 0 spiro atoms. The first kappa shape index (κ1) is 34.9. The number of aromatic hydroxyl groups is 1. The average molecular weight is 713 g/mol. The van der Waals surface area contributed by atoms with Gasteiger partial charge in [0.1, 0.15) is 36.5 Å².